The van der Waals surface area contributed by atoms with Crippen LogP contribution in [0.5, 0.6) is 0 Å². The highest BCUT2D eigenvalue weighted by atomic mass is 35.5. The molecule has 1 saturated heterocycles. The number of nitrogens with zero attached hydrogens (tertiary/aromatic N) is 1. The van der Waals surface area contributed by atoms with Crippen LogP contribution in [-0.4, -0.2) is 37.7 Å². The Morgan fingerprint density at radius 2 is 2.29 bits per heavy atom. The first kappa shape index (κ1) is 12.7. The molecule has 0 amide bonds. The van der Waals surface area contributed by atoms with Gasteiger partial charge in [0.05, 0.1) is 23.3 Å². The van der Waals surface area contributed by atoms with Crippen molar-refractivity contribution in [1.29, 1.82) is 0 Å². The Balaban J connectivity index is 2.34. The molecule has 0 radical (unpaired) electrons. The number of aliphatic hydroxyl groups is 2. The highest BCUT2D eigenvalue weighted by Gasteiger charge is 2.34. The average molecular weight is 279 g/mol. The fraction of sp³-hybridized carbons (Fsp3) is 0.556. The number of rotatable bonds is 2. The van der Waals surface area contributed by atoms with Crippen LogP contribution in [0.25, 0.3) is 0 Å². The van der Waals surface area contributed by atoms with Gasteiger partial charge in [0.2, 0.25) is 0 Å². The minimum absolute atomic E-state index is 0.0767. The van der Waals surface area contributed by atoms with E-state index in [9.17, 15) is 14.7 Å². The van der Waals surface area contributed by atoms with Crippen LogP contribution in [-0.2, 0) is 0 Å². The summed E-state index contributed by atoms with van der Waals surface area (Å²) >= 11 is 6.93. The second-order valence-electron chi connectivity index (χ2n) is 3.76. The van der Waals surface area contributed by atoms with Gasteiger partial charge >= 0.3 is 5.69 Å². The van der Waals surface area contributed by atoms with Crippen molar-refractivity contribution >= 4 is 23.4 Å². The molecule has 6 nitrogen and oxygen atoms in total. The van der Waals surface area contributed by atoms with Gasteiger partial charge < -0.3 is 10.2 Å². The van der Waals surface area contributed by atoms with E-state index in [1.807, 2.05) is 0 Å². The largest absolute Gasteiger partial charge is 0.395 e. The number of hydrogen-bond donors (Lipinski definition) is 3. The normalized spacial score (nSPS) is 28.5. The van der Waals surface area contributed by atoms with Crippen LogP contribution in [0.1, 0.15) is 11.8 Å². The Kier molecular flexibility index (Phi) is 3.62. The van der Waals surface area contributed by atoms with Crippen LogP contribution in [0.4, 0.5) is 0 Å². The van der Waals surface area contributed by atoms with Crippen LogP contribution in [0.3, 0.4) is 0 Å². The lowest BCUT2D eigenvalue weighted by molar-refractivity contribution is 0.137. The third-order valence-corrected chi connectivity index (χ3v) is 4.43. The smallest absolute Gasteiger partial charge is 0.329 e. The van der Waals surface area contributed by atoms with Gasteiger partial charge in [0.25, 0.3) is 5.56 Å². The molecule has 1 aromatic rings. The number of aromatic nitrogens is 2. The lowest BCUT2D eigenvalue weighted by Crippen LogP contribution is -2.31. The number of H-pyrrole nitrogens is 1. The summed E-state index contributed by atoms with van der Waals surface area (Å²) in [5, 5.41) is 17.9. The predicted octanol–water partition coefficient (Wildman–Crippen LogP) is -0.453. The average Bonchev–Trinajstić information content (AvgIpc) is 2.65. The zero-order chi connectivity index (χ0) is 12.6. The summed E-state index contributed by atoms with van der Waals surface area (Å²) < 4.78 is 1.27. The molecule has 0 aliphatic carbocycles. The molecular formula is C9H11ClN2O4S. The zero-order valence-corrected chi connectivity index (χ0v) is 10.2. The summed E-state index contributed by atoms with van der Waals surface area (Å²) in [5.74, 6) is 0. The van der Waals surface area contributed by atoms with Crippen molar-refractivity contribution in [2.45, 2.75) is 23.1 Å². The fourth-order valence-corrected chi connectivity index (χ4v) is 3.26. The predicted molar refractivity (Wildman–Crippen MR) is 64.5 cm³/mol. The van der Waals surface area contributed by atoms with Gasteiger partial charge in [-0.2, -0.15) is 0 Å². The molecule has 1 aromatic heterocycles. The Bertz CT molecular complexity index is 528. The van der Waals surface area contributed by atoms with Crippen molar-refractivity contribution in [3.63, 3.8) is 0 Å². The van der Waals surface area contributed by atoms with Gasteiger partial charge in [-0.05, 0) is 0 Å². The number of hydrogen-bond acceptors (Lipinski definition) is 5. The highest BCUT2D eigenvalue weighted by Crippen LogP contribution is 2.40. The van der Waals surface area contributed by atoms with Gasteiger partial charge in [-0.3, -0.25) is 14.3 Å². The van der Waals surface area contributed by atoms with E-state index in [0.29, 0.717) is 6.42 Å². The maximum Gasteiger partial charge on any atom is 0.329 e. The maximum absolute atomic E-state index is 11.6. The van der Waals surface area contributed by atoms with Crippen molar-refractivity contribution < 1.29 is 10.2 Å². The van der Waals surface area contributed by atoms with Crippen molar-refractivity contribution in [3.8, 4) is 0 Å². The molecule has 94 valence electrons. The Labute approximate surface area is 105 Å². The van der Waals surface area contributed by atoms with Crippen LogP contribution < -0.4 is 11.2 Å². The maximum atomic E-state index is 11.6. The molecule has 0 spiro atoms. The first-order valence-corrected chi connectivity index (χ1v) is 6.30. The van der Waals surface area contributed by atoms with E-state index in [0.717, 1.165) is 0 Å². The first-order chi connectivity index (χ1) is 8.02. The Hall–Kier alpha value is -0.760. The molecule has 3 atom stereocenters. The van der Waals surface area contributed by atoms with Gasteiger partial charge in [0.1, 0.15) is 5.02 Å². The summed E-state index contributed by atoms with van der Waals surface area (Å²) in [7, 11) is 0. The van der Waals surface area contributed by atoms with E-state index < -0.39 is 17.4 Å². The molecule has 1 aliphatic heterocycles. The molecule has 1 aliphatic rings. The standard InChI is InChI=1S/C9H11ClN2O4S/c10-4-2-12(9(16)11-8(4)15)7-1-5(14)6(3-13)17-7/h2,5-7,13-14H,1,3H2,(H,11,15,16)/t5?,6-,7+/m0/s1. The van der Waals surface area contributed by atoms with E-state index in [4.69, 9.17) is 16.7 Å². The number of aliphatic hydroxyl groups excluding tert-OH is 2. The topological polar surface area (TPSA) is 95.3 Å². The third-order valence-electron chi connectivity index (χ3n) is 2.62. The van der Waals surface area contributed by atoms with E-state index in [2.05, 4.69) is 4.98 Å². The first-order valence-electron chi connectivity index (χ1n) is 4.98. The molecule has 1 fully saturated rings. The summed E-state index contributed by atoms with van der Waals surface area (Å²) in [6.07, 6.45) is 0.915. The summed E-state index contributed by atoms with van der Waals surface area (Å²) in [6.45, 7) is -0.159. The summed E-state index contributed by atoms with van der Waals surface area (Å²) in [6, 6.07) is 0. The SMILES string of the molecule is O=c1[nH]c(=O)n([C@H]2CC(O)[C@H](CO)S2)cc1Cl. The minimum atomic E-state index is -0.674. The molecule has 3 N–H and O–H groups in total. The molecule has 0 aromatic carbocycles. The van der Waals surface area contributed by atoms with Gasteiger partial charge in [0, 0.05) is 12.6 Å². The van der Waals surface area contributed by atoms with Crippen LogP contribution >= 0.6 is 23.4 Å². The zero-order valence-electron chi connectivity index (χ0n) is 8.67. The van der Waals surface area contributed by atoms with Gasteiger partial charge in [-0.15, -0.1) is 11.8 Å². The quantitative estimate of drug-likeness (QED) is 0.681. The third kappa shape index (κ3) is 2.42. The number of thioether (sulfide) groups is 1. The lowest BCUT2D eigenvalue weighted by atomic mass is 10.2. The number of nitrogens with one attached hydrogen (secondary N) is 1. The van der Waals surface area contributed by atoms with Crippen molar-refractivity contribution in [1.82, 2.24) is 9.55 Å². The second kappa shape index (κ2) is 4.85. The molecule has 0 bridgehead atoms. The fourth-order valence-electron chi connectivity index (χ4n) is 1.72. The van der Waals surface area contributed by atoms with E-state index in [1.54, 1.807) is 0 Å². The molecule has 2 heterocycles. The number of aromatic amines is 1. The van der Waals surface area contributed by atoms with Crippen LogP contribution in [0, 0.1) is 0 Å². The molecule has 8 heteroatoms. The Morgan fingerprint density at radius 3 is 2.88 bits per heavy atom. The van der Waals surface area contributed by atoms with E-state index in [-0.39, 0.29) is 22.3 Å². The van der Waals surface area contributed by atoms with Crippen molar-refractivity contribution in [2.75, 3.05) is 6.61 Å². The lowest BCUT2D eigenvalue weighted by Gasteiger charge is -2.12. The second-order valence-corrected chi connectivity index (χ2v) is 5.59. The van der Waals surface area contributed by atoms with Gasteiger partial charge in [-0.25, -0.2) is 4.79 Å². The highest BCUT2D eigenvalue weighted by molar-refractivity contribution is 8.00. The van der Waals surface area contributed by atoms with Crippen molar-refractivity contribution in [3.05, 3.63) is 32.1 Å². The van der Waals surface area contributed by atoms with Crippen LogP contribution in [0.15, 0.2) is 15.8 Å². The summed E-state index contributed by atoms with van der Waals surface area (Å²) in [5.41, 5.74) is -1.20. The molecule has 2 rings (SSSR count). The Morgan fingerprint density at radius 1 is 1.59 bits per heavy atom. The number of halogens is 1. The minimum Gasteiger partial charge on any atom is -0.395 e. The molecule has 1 unspecified atom stereocenters. The van der Waals surface area contributed by atoms with Gasteiger partial charge in [-0.1, -0.05) is 11.6 Å². The molecular weight excluding hydrogens is 268 g/mol. The molecule has 0 saturated carbocycles. The monoisotopic (exact) mass is 278 g/mol. The van der Waals surface area contributed by atoms with Crippen molar-refractivity contribution in [2.24, 2.45) is 0 Å². The molecule has 17 heavy (non-hydrogen) atoms. The van der Waals surface area contributed by atoms with Crippen LogP contribution in [0.2, 0.25) is 5.02 Å². The summed E-state index contributed by atoms with van der Waals surface area (Å²) in [4.78, 5) is 24.8. The van der Waals surface area contributed by atoms with Gasteiger partial charge in [0.15, 0.2) is 0 Å². The van der Waals surface area contributed by atoms with E-state index in [1.165, 1.54) is 22.5 Å². The van der Waals surface area contributed by atoms with E-state index >= 15 is 0 Å².